The van der Waals surface area contributed by atoms with E-state index in [2.05, 4.69) is 4.90 Å². The minimum Gasteiger partial charge on any atom is -0.346 e. The fourth-order valence-electron chi connectivity index (χ4n) is 2.38. The Balaban J connectivity index is 1.65. The van der Waals surface area contributed by atoms with Crippen LogP contribution in [0.15, 0.2) is 0 Å². The van der Waals surface area contributed by atoms with Crippen molar-refractivity contribution in [2.45, 2.75) is 44.6 Å². The first kappa shape index (κ1) is 13.8. The van der Waals surface area contributed by atoms with E-state index in [0.29, 0.717) is 13.0 Å². The summed E-state index contributed by atoms with van der Waals surface area (Å²) in [6.45, 7) is 3.63. The Morgan fingerprint density at radius 2 is 1.94 bits per heavy atom. The van der Waals surface area contributed by atoms with E-state index in [9.17, 15) is 4.79 Å². The topological polar surface area (TPSA) is 49.6 Å². The van der Waals surface area contributed by atoms with Crippen LogP contribution in [0.2, 0.25) is 0 Å². The first-order chi connectivity index (χ1) is 8.70. The lowest BCUT2D eigenvalue weighted by molar-refractivity contribution is -0.130. The number of carbonyl (C=O) groups is 1. The summed E-state index contributed by atoms with van der Waals surface area (Å²) in [5, 5.41) is 0. The second kappa shape index (κ2) is 6.53. The summed E-state index contributed by atoms with van der Waals surface area (Å²) in [4.78, 5) is 16.3. The second-order valence-corrected chi connectivity index (χ2v) is 5.88. The summed E-state index contributed by atoms with van der Waals surface area (Å²) in [6.07, 6.45) is 7.04. The molecule has 4 nitrogen and oxygen atoms in total. The zero-order valence-corrected chi connectivity index (χ0v) is 11.6. The van der Waals surface area contributed by atoms with Gasteiger partial charge in [0.2, 0.25) is 5.91 Å². The number of carbonyl (C=O) groups excluding carboxylic acids is 1. The normalized spacial score (nSPS) is 19.3. The van der Waals surface area contributed by atoms with Crippen LogP contribution in [0.1, 0.15) is 38.5 Å². The SMILES string of the molecule is CN(CCCN)C(=O)CCN(CC1CC1)C1CC1. The fraction of sp³-hybridized carbons (Fsp3) is 0.929. The first-order valence-electron chi connectivity index (χ1n) is 7.38. The Morgan fingerprint density at radius 1 is 1.22 bits per heavy atom. The van der Waals surface area contributed by atoms with Gasteiger partial charge in [-0.3, -0.25) is 9.69 Å². The third-order valence-electron chi connectivity index (χ3n) is 3.99. The van der Waals surface area contributed by atoms with Crippen LogP contribution in [-0.2, 0) is 4.79 Å². The van der Waals surface area contributed by atoms with Crippen LogP contribution in [0, 0.1) is 5.92 Å². The van der Waals surface area contributed by atoms with Crippen molar-refractivity contribution in [3.63, 3.8) is 0 Å². The Bertz CT molecular complexity index is 274. The molecule has 0 spiro atoms. The molecule has 104 valence electrons. The molecular formula is C14H27N3O. The largest absolute Gasteiger partial charge is 0.346 e. The molecule has 0 aromatic carbocycles. The van der Waals surface area contributed by atoms with E-state index in [-0.39, 0.29) is 5.91 Å². The smallest absolute Gasteiger partial charge is 0.223 e. The molecular weight excluding hydrogens is 226 g/mol. The highest BCUT2D eigenvalue weighted by Gasteiger charge is 2.33. The predicted molar refractivity (Wildman–Crippen MR) is 73.2 cm³/mol. The predicted octanol–water partition coefficient (Wildman–Crippen LogP) is 1.06. The van der Waals surface area contributed by atoms with E-state index in [0.717, 1.165) is 31.5 Å². The van der Waals surface area contributed by atoms with Crippen molar-refractivity contribution >= 4 is 5.91 Å². The second-order valence-electron chi connectivity index (χ2n) is 5.88. The molecule has 0 bridgehead atoms. The van der Waals surface area contributed by atoms with Crippen LogP contribution in [0.5, 0.6) is 0 Å². The van der Waals surface area contributed by atoms with Gasteiger partial charge < -0.3 is 10.6 Å². The highest BCUT2D eigenvalue weighted by Crippen LogP contribution is 2.34. The molecule has 4 heteroatoms. The molecule has 2 fully saturated rings. The summed E-state index contributed by atoms with van der Waals surface area (Å²) >= 11 is 0. The van der Waals surface area contributed by atoms with E-state index in [1.54, 1.807) is 0 Å². The molecule has 2 saturated carbocycles. The molecule has 0 aromatic rings. The van der Waals surface area contributed by atoms with E-state index >= 15 is 0 Å². The lowest BCUT2D eigenvalue weighted by Crippen LogP contribution is -2.35. The monoisotopic (exact) mass is 253 g/mol. The van der Waals surface area contributed by atoms with Crippen LogP contribution in [0.3, 0.4) is 0 Å². The lowest BCUT2D eigenvalue weighted by atomic mass is 10.3. The summed E-state index contributed by atoms with van der Waals surface area (Å²) in [6, 6.07) is 0.785. The number of hydrogen-bond donors (Lipinski definition) is 1. The summed E-state index contributed by atoms with van der Waals surface area (Å²) in [7, 11) is 1.89. The Morgan fingerprint density at radius 3 is 2.50 bits per heavy atom. The van der Waals surface area contributed by atoms with Crippen LogP contribution >= 0.6 is 0 Å². The number of amides is 1. The number of hydrogen-bond acceptors (Lipinski definition) is 3. The average Bonchev–Trinajstić information content (AvgIpc) is 3.22. The van der Waals surface area contributed by atoms with Gasteiger partial charge in [-0.05, 0) is 44.6 Å². The molecule has 18 heavy (non-hydrogen) atoms. The molecule has 0 unspecified atom stereocenters. The van der Waals surface area contributed by atoms with Crippen LogP contribution in [0.4, 0.5) is 0 Å². The average molecular weight is 253 g/mol. The van der Waals surface area contributed by atoms with E-state index in [1.165, 1.54) is 32.2 Å². The molecule has 2 aliphatic rings. The summed E-state index contributed by atoms with van der Waals surface area (Å²) in [5.74, 6) is 1.19. The molecule has 0 aromatic heterocycles. The van der Waals surface area contributed by atoms with Crippen molar-refractivity contribution in [2.75, 3.05) is 33.2 Å². The quantitative estimate of drug-likeness (QED) is 0.668. The Labute approximate surface area is 110 Å². The minimum absolute atomic E-state index is 0.268. The van der Waals surface area contributed by atoms with Gasteiger partial charge in [0, 0.05) is 39.1 Å². The first-order valence-corrected chi connectivity index (χ1v) is 7.38. The molecule has 2 N–H and O–H groups in total. The van der Waals surface area contributed by atoms with E-state index < -0.39 is 0 Å². The third-order valence-corrected chi connectivity index (χ3v) is 3.99. The molecule has 0 atom stereocenters. The maximum atomic E-state index is 12.0. The summed E-state index contributed by atoms with van der Waals surface area (Å²) in [5.41, 5.74) is 5.46. The van der Waals surface area contributed by atoms with Crippen LogP contribution in [0.25, 0.3) is 0 Å². The summed E-state index contributed by atoms with van der Waals surface area (Å²) < 4.78 is 0. The Hall–Kier alpha value is -0.610. The van der Waals surface area contributed by atoms with Crippen molar-refractivity contribution in [1.29, 1.82) is 0 Å². The Kier molecular flexibility index (Phi) is 5.01. The molecule has 1 amide bonds. The van der Waals surface area contributed by atoms with Gasteiger partial charge in [0.15, 0.2) is 0 Å². The van der Waals surface area contributed by atoms with Crippen molar-refractivity contribution < 1.29 is 4.79 Å². The van der Waals surface area contributed by atoms with Crippen molar-refractivity contribution in [1.82, 2.24) is 9.80 Å². The van der Waals surface area contributed by atoms with Crippen LogP contribution in [-0.4, -0.2) is 55.0 Å². The maximum absolute atomic E-state index is 12.0. The van der Waals surface area contributed by atoms with Gasteiger partial charge in [0.1, 0.15) is 0 Å². The molecule has 0 saturated heterocycles. The van der Waals surface area contributed by atoms with E-state index in [1.807, 2.05) is 11.9 Å². The number of rotatable bonds is 9. The number of nitrogens with two attached hydrogens (primary N) is 1. The molecule has 2 rings (SSSR count). The van der Waals surface area contributed by atoms with Gasteiger partial charge in [-0.2, -0.15) is 0 Å². The zero-order valence-electron chi connectivity index (χ0n) is 11.6. The third kappa shape index (κ3) is 4.58. The lowest BCUT2D eigenvalue weighted by Gasteiger charge is -2.23. The zero-order chi connectivity index (χ0) is 13.0. The van der Waals surface area contributed by atoms with Gasteiger partial charge >= 0.3 is 0 Å². The van der Waals surface area contributed by atoms with Gasteiger partial charge in [0.25, 0.3) is 0 Å². The number of nitrogens with zero attached hydrogens (tertiary/aromatic N) is 2. The standard InChI is InChI=1S/C14H27N3O/c1-16(9-2-8-15)14(18)7-10-17(13-5-6-13)11-12-3-4-12/h12-13H,2-11,15H2,1H3. The van der Waals surface area contributed by atoms with E-state index in [4.69, 9.17) is 5.73 Å². The van der Waals surface area contributed by atoms with Crippen LogP contribution < -0.4 is 5.73 Å². The molecule has 0 aliphatic heterocycles. The molecule has 2 aliphatic carbocycles. The maximum Gasteiger partial charge on any atom is 0.223 e. The fourth-order valence-corrected chi connectivity index (χ4v) is 2.38. The van der Waals surface area contributed by atoms with Gasteiger partial charge in [-0.25, -0.2) is 0 Å². The highest BCUT2D eigenvalue weighted by molar-refractivity contribution is 5.76. The minimum atomic E-state index is 0.268. The molecule has 0 radical (unpaired) electrons. The van der Waals surface area contributed by atoms with Crippen molar-refractivity contribution in [3.8, 4) is 0 Å². The molecule has 0 heterocycles. The van der Waals surface area contributed by atoms with Gasteiger partial charge in [-0.15, -0.1) is 0 Å². The van der Waals surface area contributed by atoms with Gasteiger partial charge in [0.05, 0.1) is 0 Å². The van der Waals surface area contributed by atoms with Gasteiger partial charge in [-0.1, -0.05) is 0 Å². The van der Waals surface area contributed by atoms with Crippen molar-refractivity contribution in [3.05, 3.63) is 0 Å². The van der Waals surface area contributed by atoms with Crippen molar-refractivity contribution in [2.24, 2.45) is 11.7 Å². The highest BCUT2D eigenvalue weighted by atomic mass is 16.2.